The average molecular weight is 522 g/mol. The number of aromatic nitrogens is 2. The molecule has 2 N–H and O–H groups in total. The first-order chi connectivity index (χ1) is 17.5. The van der Waals surface area contributed by atoms with Crippen LogP contribution in [-0.4, -0.2) is 40.5 Å². The molecule has 0 bridgehead atoms. The molecule has 1 amide bonds. The summed E-state index contributed by atoms with van der Waals surface area (Å²) in [6.07, 6.45) is 1.39. The van der Waals surface area contributed by atoms with E-state index < -0.39 is 0 Å². The Kier molecular flexibility index (Phi) is 8.64. The molecular formula is C27H28ClN5O2S. The summed E-state index contributed by atoms with van der Waals surface area (Å²) in [5, 5.41) is 17.8. The molecule has 4 aromatic rings. The molecule has 0 aliphatic rings. The van der Waals surface area contributed by atoms with Crippen molar-refractivity contribution in [2.75, 3.05) is 18.8 Å². The van der Waals surface area contributed by atoms with Crippen molar-refractivity contribution >= 4 is 52.2 Å². The highest BCUT2D eigenvalue weighted by Crippen LogP contribution is 2.27. The van der Waals surface area contributed by atoms with Gasteiger partial charge in [0.25, 0.3) is 5.91 Å². The molecule has 1 heterocycles. The van der Waals surface area contributed by atoms with E-state index in [1.165, 1.54) is 22.9 Å². The second-order valence-corrected chi connectivity index (χ2v) is 9.56. The molecule has 0 spiro atoms. The third kappa shape index (κ3) is 6.07. The Bertz CT molecular complexity index is 1380. The van der Waals surface area contributed by atoms with Gasteiger partial charge in [0.1, 0.15) is 5.69 Å². The standard InChI is InChI=1S/C27H28ClN5O2S/c1-3-32(4-2)21-14-13-19(25(34)15-21)16-29-31-26(35)18-36-27-30-23-11-7-8-12-24(23)33(27)17-20-9-5-6-10-22(20)28/h5-16,34H,3-4,17-18H2,1-2H3,(H,31,35)/b29-16+. The van der Waals surface area contributed by atoms with Crippen LogP contribution < -0.4 is 15.4 Å². The summed E-state index contributed by atoms with van der Waals surface area (Å²) < 4.78 is 2.06. The molecule has 36 heavy (non-hydrogen) atoms. The number of hydrogen-bond acceptors (Lipinski definition) is 5. The number of carbonyl (C=O) groups is 1. The Labute approximate surface area is 219 Å². The maximum Gasteiger partial charge on any atom is 0.250 e. The van der Waals surface area contributed by atoms with E-state index in [9.17, 15) is 9.90 Å². The Morgan fingerprint density at radius 3 is 2.64 bits per heavy atom. The van der Waals surface area contributed by atoms with Gasteiger partial charge in [-0.2, -0.15) is 5.10 Å². The molecule has 7 nitrogen and oxygen atoms in total. The van der Waals surface area contributed by atoms with Gasteiger partial charge in [-0.15, -0.1) is 0 Å². The molecule has 3 aromatic carbocycles. The number of imidazole rings is 1. The lowest BCUT2D eigenvalue weighted by Crippen LogP contribution is -3.06. The highest BCUT2D eigenvalue weighted by molar-refractivity contribution is 7.99. The SMILES string of the molecule is CC[NH+](CC)c1ccc(/C=N/NC(=O)CSc2nc3ccccc3n2Cc2ccccc2Cl)c([O-])c1. The van der Waals surface area contributed by atoms with Gasteiger partial charge in [-0.1, -0.05) is 59.4 Å². The Morgan fingerprint density at radius 2 is 1.89 bits per heavy atom. The van der Waals surface area contributed by atoms with Crippen molar-refractivity contribution in [2.24, 2.45) is 5.10 Å². The van der Waals surface area contributed by atoms with Crippen LogP contribution in [0, 0.1) is 0 Å². The number of quaternary nitrogens is 1. The number of nitrogens with zero attached hydrogens (tertiary/aromatic N) is 3. The fourth-order valence-electron chi connectivity index (χ4n) is 3.97. The number of thioether (sulfide) groups is 1. The fourth-order valence-corrected chi connectivity index (χ4v) is 4.97. The number of nitrogens with one attached hydrogen (secondary N) is 2. The van der Waals surface area contributed by atoms with Crippen LogP contribution in [0.1, 0.15) is 25.0 Å². The Morgan fingerprint density at radius 1 is 1.14 bits per heavy atom. The van der Waals surface area contributed by atoms with E-state index in [4.69, 9.17) is 16.6 Å². The van der Waals surface area contributed by atoms with Crippen molar-refractivity contribution in [2.45, 2.75) is 25.5 Å². The summed E-state index contributed by atoms with van der Waals surface area (Å²) in [6, 6.07) is 20.8. The summed E-state index contributed by atoms with van der Waals surface area (Å²) in [5.74, 6) is -0.283. The molecule has 0 aliphatic heterocycles. The molecule has 0 saturated heterocycles. The Balaban J connectivity index is 1.41. The van der Waals surface area contributed by atoms with E-state index in [1.54, 1.807) is 12.1 Å². The molecule has 0 aliphatic carbocycles. The third-order valence-corrected chi connectivity index (χ3v) is 7.25. The van der Waals surface area contributed by atoms with E-state index in [-0.39, 0.29) is 17.4 Å². The van der Waals surface area contributed by atoms with Crippen LogP contribution >= 0.6 is 23.4 Å². The minimum absolute atomic E-state index is 0.118. The van der Waals surface area contributed by atoms with Crippen LogP contribution in [0.5, 0.6) is 5.75 Å². The molecule has 0 atom stereocenters. The van der Waals surface area contributed by atoms with E-state index in [2.05, 4.69) is 28.9 Å². The normalized spacial score (nSPS) is 11.6. The second kappa shape index (κ2) is 12.1. The van der Waals surface area contributed by atoms with Gasteiger partial charge in [0.05, 0.1) is 42.6 Å². The lowest BCUT2D eigenvalue weighted by atomic mass is 10.2. The first kappa shape index (κ1) is 25.8. The minimum Gasteiger partial charge on any atom is -0.872 e. The molecule has 0 fully saturated rings. The van der Waals surface area contributed by atoms with Crippen molar-refractivity contribution in [3.63, 3.8) is 0 Å². The van der Waals surface area contributed by atoms with Crippen LogP contribution in [-0.2, 0) is 11.3 Å². The van der Waals surface area contributed by atoms with Gasteiger partial charge in [-0.3, -0.25) is 4.79 Å². The summed E-state index contributed by atoms with van der Waals surface area (Å²) in [7, 11) is 0. The number of hydrogen-bond donors (Lipinski definition) is 2. The zero-order valence-electron chi connectivity index (χ0n) is 20.2. The minimum atomic E-state index is -0.288. The third-order valence-electron chi connectivity index (χ3n) is 5.91. The number of rotatable bonds is 10. The second-order valence-electron chi connectivity index (χ2n) is 8.21. The molecule has 0 radical (unpaired) electrons. The largest absolute Gasteiger partial charge is 0.872 e. The zero-order valence-corrected chi connectivity index (χ0v) is 21.8. The first-order valence-electron chi connectivity index (χ1n) is 11.8. The van der Waals surface area contributed by atoms with E-state index >= 15 is 0 Å². The molecule has 9 heteroatoms. The number of fused-ring (bicyclic) bond motifs is 1. The van der Waals surface area contributed by atoms with Crippen LogP contribution in [0.4, 0.5) is 5.69 Å². The van der Waals surface area contributed by atoms with Crippen molar-refractivity contribution in [1.82, 2.24) is 15.0 Å². The highest BCUT2D eigenvalue weighted by Gasteiger charge is 2.14. The van der Waals surface area contributed by atoms with Gasteiger partial charge in [-0.25, -0.2) is 10.4 Å². The lowest BCUT2D eigenvalue weighted by Gasteiger charge is -2.18. The van der Waals surface area contributed by atoms with Crippen LogP contribution in [0.2, 0.25) is 5.02 Å². The summed E-state index contributed by atoms with van der Waals surface area (Å²) in [5.41, 5.74) is 6.69. The predicted octanol–water partition coefficient (Wildman–Crippen LogP) is 3.61. The number of amides is 1. The topological polar surface area (TPSA) is 86.8 Å². The molecule has 0 saturated carbocycles. The van der Waals surface area contributed by atoms with E-state index in [1.807, 2.05) is 54.6 Å². The maximum atomic E-state index is 12.5. The van der Waals surface area contributed by atoms with Gasteiger partial charge in [-0.05, 0) is 61.4 Å². The monoisotopic (exact) mass is 521 g/mol. The van der Waals surface area contributed by atoms with Crippen molar-refractivity contribution < 1.29 is 14.8 Å². The van der Waals surface area contributed by atoms with Gasteiger partial charge < -0.3 is 14.6 Å². The highest BCUT2D eigenvalue weighted by atomic mass is 35.5. The smallest absolute Gasteiger partial charge is 0.250 e. The lowest BCUT2D eigenvalue weighted by molar-refractivity contribution is -0.828. The molecule has 1 aromatic heterocycles. The van der Waals surface area contributed by atoms with E-state index in [0.29, 0.717) is 22.3 Å². The zero-order chi connectivity index (χ0) is 25.5. The average Bonchev–Trinajstić information content (AvgIpc) is 3.23. The first-order valence-corrected chi connectivity index (χ1v) is 13.2. The van der Waals surface area contributed by atoms with Crippen LogP contribution in [0.3, 0.4) is 0 Å². The molecule has 4 rings (SSSR count). The maximum absolute atomic E-state index is 12.5. The number of hydrazone groups is 1. The van der Waals surface area contributed by atoms with Gasteiger partial charge in [0.2, 0.25) is 0 Å². The number of carbonyl (C=O) groups excluding carboxylic acids is 1. The number of benzene rings is 3. The summed E-state index contributed by atoms with van der Waals surface area (Å²) in [6.45, 7) is 6.52. The molecule has 186 valence electrons. The fraction of sp³-hybridized carbons (Fsp3) is 0.222. The van der Waals surface area contributed by atoms with Crippen LogP contribution in [0.15, 0.2) is 77.0 Å². The van der Waals surface area contributed by atoms with Crippen LogP contribution in [0.25, 0.3) is 11.0 Å². The van der Waals surface area contributed by atoms with Gasteiger partial charge in [0, 0.05) is 5.02 Å². The van der Waals surface area contributed by atoms with Crippen molar-refractivity contribution in [3.8, 4) is 5.75 Å². The molecule has 0 unspecified atom stereocenters. The van der Waals surface area contributed by atoms with E-state index in [0.717, 1.165) is 35.4 Å². The summed E-state index contributed by atoms with van der Waals surface area (Å²) in [4.78, 5) is 18.4. The summed E-state index contributed by atoms with van der Waals surface area (Å²) >= 11 is 7.71. The van der Waals surface area contributed by atoms with Crippen molar-refractivity contribution in [3.05, 3.63) is 82.9 Å². The number of halogens is 1. The quantitative estimate of drug-likeness (QED) is 0.190. The Hall–Kier alpha value is -3.33. The van der Waals surface area contributed by atoms with Crippen molar-refractivity contribution in [1.29, 1.82) is 0 Å². The van der Waals surface area contributed by atoms with Gasteiger partial charge >= 0.3 is 0 Å². The predicted molar refractivity (Wildman–Crippen MR) is 144 cm³/mol. The van der Waals surface area contributed by atoms with Gasteiger partial charge in [0.15, 0.2) is 5.16 Å². The number of para-hydroxylation sites is 2. The molecular weight excluding hydrogens is 494 g/mol.